The molecule has 0 amide bonds. The molecule has 1 unspecified atom stereocenters. The second kappa shape index (κ2) is 9.66. The van der Waals surface area contributed by atoms with Crippen LogP contribution in [0.2, 0.25) is 0 Å². The van der Waals surface area contributed by atoms with Crippen molar-refractivity contribution in [1.82, 2.24) is 15.1 Å². The third kappa shape index (κ3) is 7.22. The van der Waals surface area contributed by atoms with Crippen LogP contribution in [0.5, 0.6) is 0 Å². The smallest absolute Gasteiger partial charge is 0.0826 e. The Morgan fingerprint density at radius 3 is 2.89 bits per heavy atom. The van der Waals surface area contributed by atoms with Crippen LogP contribution >= 0.6 is 0 Å². The third-order valence-electron chi connectivity index (χ3n) is 3.62. The van der Waals surface area contributed by atoms with Crippen LogP contribution in [0.3, 0.4) is 0 Å². The van der Waals surface area contributed by atoms with E-state index in [9.17, 15) is 0 Å². The normalized spacial score (nSPS) is 21.5. The highest BCUT2D eigenvalue weighted by atomic mass is 16.5. The molecule has 0 aromatic rings. The van der Waals surface area contributed by atoms with Crippen LogP contribution in [0.25, 0.3) is 0 Å². The molecule has 1 heterocycles. The number of nitrogens with one attached hydrogen (secondary N) is 1. The van der Waals surface area contributed by atoms with Gasteiger partial charge in [-0.2, -0.15) is 0 Å². The predicted octanol–water partition coefficient (Wildman–Crippen LogP) is 0.263. The number of ether oxygens (including phenoxy) is 2. The molecule has 0 aromatic carbocycles. The van der Waals surface area contributed by atoms with Crippen molar-refractivity contribution in [3.05, 3.63) is 0 Å². The topological polar surface area (TPSA) is 37.0 Å². The van der Waals surface area contributed by atoms with Crippen LogP contribution in [0.1, 0.15) is 13.8 Å². The maximum Gasteiger partial charge on any atom is 0.0826 e. The van der Waals surface area contributed by atoms with Gasteiger partial charge in [0.05, 0.1) is 19.3 Å². The quantitative estimate of drug-likeness (QED) is 0.610. The molecule has 1 rings (SSSR count). The molecule has 0 saturated carbocycles. The van der Waals surface area contributed by atoms with Crippen LogP contribution in [0.4, 0.5) is 0 Å². The maximum absolute atomic E-state index is 5.79. The second-order valence-electron chi connectivity index (χ2n) is 5.58. The van der Waals surface area contributed by atoms with Crippen molar-refractivity contribution in [2.24, 2.45) is 0 Å². The molecule has 1 N–H and O–H groups in total. The monoisotopic (exact) mass is 273 g/mol. The summed E-state index contributed by atoms with van der Waals surface area (Å²) in [6, 6.07) is 0.617. The van der Waals surface area contributed by atoms with Gasteiger partial charge in [-0.05, 0) is 20.9 Å². The Bertz CT molecular complexity index is 227. The Morgan fingerprint density at radius 1 is 1.42 bits per heavy atom. The molecule has 1 atom stereocenters. The van der Waals surface area contributed by atoms with Crippen molar-refractivity contribution < 1.29 is 9.47 Å². The maximum atomic E-state index is 5.79. The van der Waals surface area contributed by atoms with E-state index >= 15 is 0 Å². The van der Waals surface area contributed by atoms with E-state index in [1.165, 1.54) is 0 Å². The molecule has 19 heavy (non-hydrogen) atoms. The zero-order valence-corrected chi connectivity index (χ0v) is 13.0. The summed E-state index contributed by atoms with van der Waals surface area (Å²) in [5.74, 6) is 0. The Balaban J connectivity index is 2.05. The molecule has 0 bridgehead atoms. The van der Waals surface area contributed by atoms with Crippen molar-refractivity contribution in [3.8, 4) is 0 Å². The average molecular weight is 273 g/mol. The molecule has 0 radical (unpaired) electrons. The summed E-state index contributed by atoms with van der Waals surface area (Å²) < 4.78 is 10.9. The number of morpholine rings is 1. The Kier molecular flexibility index (Phi) is 8.57. The summed E-state index contributed by atoms with van der Waals surface area (Å²) in [7, 11) is 3.87. The summed E-state index contributed by atoms with van der Waals surface area (Å²) in [6.07, 6.45) is 0.334. The van der Waals surface area contributed by atoms with Gasteiger partial charge in [-0.3, -0.25) is 4.90 Å². The van der Waals surface area contributed by atoms with Gasteiger partial charge in [0.25, 0.3) is 0 Å². The van der Waals surface area contributed by atoms with E-state index in [1.807, 2.05) is 0 Å². The highest BCUT2D eigenvalue weighted by Crippen LogP contribution is 2.07. The van der Waals surface area contributed by atoms with Gasteiger partial charge in [0, 0.05) is 52.4 Å². The number of likely N-dealkylation sites (N-methyl/N-ethyl adjacent to an activating group) is 1. The SMILES string of the molecule is COCCN(C)CCNCC1CN(C(C)C)CCO1. The van der Waals surface area contributed by atoms with Gasteiger partial charge in [0.2, 0.25) is 0 Å². The molecule has 1 fully saturated rings. The van der Waals surface area contributed by atoms with Gasteiger partial charge in [0.15, 0.2) is 0 Å². The fourth-order valence-corrected chi connectivity index (χ4v) is 2.23. The van der Waals surface area contributed by atoms with E-state index in [0.717, 1.165) is 52.5 Å². The van der Waals surface area contributed by atoms with Crippen molar-refractivity contribution in [2.45, 2.75) is 26.0 Å². The molecule has 1 saturated heterocycles. The molecule has 1 aliphatic heterocycles. The number of rotatable bonds is 9. The number of nitrogens with zero attached hydrogens (tertiary/aromatic N) is 2. The van der Waals surface area contributed by atoms with E-state index < -0.39 is 0 Å². The van der Waals surface area contributed by atoms with Crippen molar-refractivity contribution in [1.29, 1.82) is 0 Å². The first-order valence-electron chi connectivity index (χ1n) is 7.37. The standard InChI is InChI=1S/C14H31N3O2/c1-13(2)17-8-10-19-14(12-17)11-15-5-6-16(3)7-9-18-4/h13-15H,5-12H2,1-4H3. The van der Waals surface area contributed by atoms with Crippen molar-refractivity contribution >= 4 is 0 Å². The largest absolute Gasteiger partial charge is 0.383 e. The lowest BCUT2D eigenvalue weighted by Crippen LogP contribution is -2.49. The molecule has 0 aromatic heterocycles. The number of methoxy groups -OCH3 is 1. The first kappa shape index (κ1) is 16.9. The molecule has 5 heteroatoms. The summed E-state index contributed by atoms with van der Waals surface area (Å²) >= 11 is 0. The van der Waals surface area contributed by atoms with Gasteiger partial charge in [-0.25, -0.2) is 0 Å². The van der Waals surface area contributed by atoms with Gasteiger partial charge >= 0.3 is 0 Å². The summed E-state index contributed by atoms with van der Waals surface area (Å²) in [5, 5.41) is 3.49. The minimum Gasteiger partial charge on any atom is -0.383 e. The fraction of sp³-hybridized carbons (Fsp3) is 1.00. The van der Waals surface area contributed by atoms with Crippen LogP contribution in [0, 0.1) is 0 Å². The summed E-state index contributed by atoms with van der Waals surface area (Å²) in [5.41, 5.74) is 0. The van der Waals surface area contributed by atoms with Gasteiger partial charge in [-0.15, -0.1) is 0 Å². The minimum atomic E-state index is 0.334. The van der Waals surface area contributed by atoms with Crippen molar-refractivity contribution in [3.63, 3.8) is 0 Å². The lowest BCUT2D eigenvalue weighted by molar-refractivity contribution is -0.0371. The fourth-order valence-electron chi connectivity index (χ4n) is 2.23. The number of hydrogen-bond acceptors (Lipinski definition) is 5. The van der Waals surface area contributed by atoms with Crippen LogP contribution in [-0.2, 0) is 9.47 Å². The highest BCUT2D eigenvalue weighted by molar-refractivity contribution is 4.75. The van der Waals surface area contributed by atoms with E-state index in [2.05, 4.69) is 36.0 Å². The molecule has 5 nitrogen and oxygen atoms in total. The average Bonchev–Trinajstić information content (AvgIpc) is 2.41. The van der Waals surface area contributed by atoms with Crippen LogP contribution < -0.4 is 5.32 Å². The first-order chi connectivity index (χ1) is 9.13. The third-order valence-corrected chi connectivity index (χ3v) is 3.62. The second-order valence-corrected chi connectivity index (χ2v) is 5.58. The first-order valence-corrected chi connectivity index (χ1v) is 7.37. The predicted molar refractivity (Wildman–Crippen MR) is 78.7 cm³/mol. The Hall–Kier alpha value is -0.200. The molecular formula is C14H31N3O2. The van der Waals surface area contributed by atoms with Crippen LogP contribution in [0.15, 0.2) is 0 Å². The van der Waals surface area contributed by atoms with Gasteiger partial charge < -0.3 is 19.7 Å². The van der Waals surface area contributed by atoms with E-state index in [-0.39, 0.29) is 0 Å². The molecular weight excluding hydrogens is 242 g/mol. The lowest BCUT2D eigenvalue weighted by atomic mass is 10.2. The van der Waals surface area contributed by atoms with E-state index in [4.69, 9.17) is 9.47 Å². The summed E-state index contributed by atoms with van der Waals surface area (Å²) in [6.45, 7) is 12.2. The van der Waals surface area contributed by atoms with E-state index in [0.29, 0.717) is 12.1 Å². The van der Waals surface area contributed by atoms with Gasteiger partial charge in [0.1, 0.15) is 0 Å². The Morgan fingerprint density at radius 2 is 2.21 bits per heavy atom. The Labute approximate surface area is 118 Å². The number of hydrogen-bond donors (Lipinski definition) is 1. The zero-order valence-electron chi connectivity index (χ0n) is 13.0. The summed E-state index contributed by atoms with van der Waals surface area (Å²) in [4.78, 5) is 4.76. The molecule has 0 spiro atoms. The molecule has 0 aliphatic carbocycles. The van der Waals surface area contributed by atoms with E-state index in [1.54, 1.807) is 7.11 Å². The highest BCUT2D eigenvalue weighted by Gasteiger charge is 2.21. The molecule has 114 valence electrons. The molecule has 1 aliphatic rings. The van der Waals surface area contributed by atoms with Crippen molar-refractivity contribution in [2.75, 3.05) is 66.6 Å². The van der Waals surface area contributed by atoms with Gasteiger partial charge in [-0.1, -0.05) is 0 Å². The van der Waals surface area contributed by atoms with Crippen LogP contribution in [-0.4, -0.2) is 88.6 Å². The minimum absolute atomic E-state index is 0.334. The zero-order chi connectivity index (χ0) is 14.1. The lowest BCUT2D eigenvalue weighted by Gasteiger charge is -2.35.